The molecule has 3 aromatic carbocycles. The molecule has 1 N–H and O–H groups in total. The molecule has 4 rings (SSSR count). The van der Waals surface area contributed by atoms with E-state index in [-0.39, 0.29) is 12.4 Å². The Morgan fingerprint density at radius 2 is 1.85 bits per heavy atom. The first-order valence-electron chi connectivity index (χ1n) is 10.5. The molecule has 0 saturated carbocycles. The van der Waals surface area contributed by atoms with Crippen molar-refractivity contribution in [2.45, 2.75) is 31.9 Å². The van der Waals surface area contributed by atoms with Crippen LogP contribution in [-0.4, -0.2) is 34.0 Å². The summed E-state index contributed by atoms with van der Waals surface area (Å²) in [6.45, 7) is 1.62. The van der Waals surface area contributed by atoms with Crippen LogP contribution in [0.25, 0.3) is 0 Å². The number of benzene rings is 3. The molecule has 0 saturated heterocycles. The molecular weight excluding hydrogens is 445 g/mol. The minimum absolute atomic E-state index is 0.0840. The molecule has 1 unspecified atom stereocenters. The first-order chi connectivity index (χ1) is 15.7. The second-order valence-electron chi connectivity index (χ2n) is 8.50. The topological polar surface area (TPSA) is 66.8 Å². The average Bonchev–Trinajstić information content (AvgIpc) is 3.10. The Bertz CT molecular complexity index is 1200. The number of ether oxygens (including phenoxy) is 1. The van der Waals surface area contributed by atoms with E-state index in [0.29, 0.717) is 34.7 Å². The lowest BCUT2D eigenvalue weighted by molar-refractivity contribution is -0.137. The number of carboxylic acid groups (broad SMARTS) is 1. The van der Waals surface area contributed by atoms with Gasteiger partial charge >= 0.3 is 5.97 Å². The van der Waals surface area contributed by atoms with Crippen LogP contribution in [0.4, 0.5) is 4.39 Å². The molecule has 0 fully saturated rings. The lowest BCUT2D eigenvalue weighted by Crippen LogP contribution is -2.35. The number of rotatable bonds is 7. The maximum atomic E-state index is 13.2. The van der Waals surface area contributed by atoms with Crippen molar-refractivity contribution in [2.75, 3.05) is 6.54 Å². The van der Waals surface area contributed by atoms with Crippen molar-refractivity contribution in [3.05, 3.63) is 99.8 Å². The Hall–Kier alpha value is -3.38. The van der Waals surface area contributed by atoms with E-state index >= 15 is 0 Å². The number of hydrogen-bond acceptors (Lipinski definition) is 3. The van der Waals surface area contributed by atoms with Crippen molar-refractivity contribution in [2.24, 2.45) is 0 Å². The molecule has 0 radical (unpaired) electrons. The Labute approximate surface area is 196 Å². The van der Waals surface area contributed by atoms with E-state index in [1.807, 2.05) is 6.92 Å². The summed E-state index contributed by atoms with van der Waals surface area (Å²) in [6, 6.07) is 18.5. The summed E-state index contributed by atoms with van der Waals surface area (Å²) in [5, 5.41) is 9.81. The standard InChI is InChI=1S/C26H23ClFNO4/c1-26(13-17-6-9-21(28)10-7-17)14-20-12-18(8-11-23(20)33-26)25(32)29(16-24(30)31)15-19-4-2-3-5-22(19)27/h2-12H,13-16H2,1H3,(H,30,31). The Balaban J connectivity index is 1.53. The maximum absolute atomic E-state index is 13.2. The third-order valence-corrected chi connectivity index (χ3v) is 6.02. The van der Waals surface area contributed by atoms with Gasteiger partial charge in [0.15, 0.2) is 0 Å². The normalized spacial score (nSPS) is 16.7. The largest absolute Gasteiger partial charge is 0.487 e. The van der Waals surface area contributed by atoms with Gasteiger partial charge in [0.25, 0.3) is 5.91 Å². The van der Waals surface area contributed by atoms with Crippen molar-refractivity contribution in [1.82, 2.24) is 4.90 Å². The number of carbonyl (C=O) groups is 2. The third-order valence-electron chi connectivity index (χ3n) is 5.65. The summed E-state index contributed by atoms with van der Waals surface area (Å²) < 4.78 is 19.4. The van der Waals surface area contributed by atoms with Gasteiger partial charge in [0.2, 0.25) is 0 Å². The molecule has 0 aliphatic carbocycles. The van der Waals surface area contributed by atoms with Crippen LogP contribution >= 0.6 is 11.6 Å². The van der Waals surface area contributed by atoms with Crippen LogP contribution in [0.1, 0.15) is 34.0 Å². The molecule has 0 aromatic heterocycles. The average molecular weight is 468 g/mol. The van der Waals surface area contributed by atoms with Crippen LogP contribution in [0.15, 0.2) is 66.7 Å². The van der Waals surface area contributed by atoms with E-state index in [1.54, 1.807) is 54.6 Å². The van der Waals surface area contributed by atoms with Gasteiger partial charge in [-0.25, -0.2) is 4.39 Å². The SMILES string of the molecule is CC1(Cc2ccc(F)cc2)Cc2cc(C(=O)N(CC(=O)O)Cc3ccccc3Cl)ccc2O1. The summed E-state index contributed by atoms with van der Waals surface area (Å²) in [4.78, 5) is 25.9. The Morgan fingerprint density at radius 1 is 1.12 bits per heavy atom. The zero-order valence-electron chi connectivity index (χ0n) is 18.1. The quantitative estimate of drug-likeness (QED) is 0.522. The molecule has 5 nitrogen and oxygen atoms in total. The number of carbonyl (C=O) groups excluding carboxylic acids is 1. The van der Waals surface area contributed by atoms with Gasteiger partial charge in [-0.15, -0.1) is 0 Å². The first-order valence-corrected chi connectivity index (χ1v) is 10.9. The van der Waals surface area contributed by atoms with Crippen LogP contribution in [-0.2, 0) is 24.2 Å². The monoisotopic (exact) mass is 467 g/mol. The fourth-order valence-corrected chi connectivity index (χ4v) is 4.36. The summed E-state index contributed by atoms with van der Waals surface area (Å²) in [5.41, 5.74) is 2.36. The van der Waals surface area contributed by atoms with Crippen molar-refractivity contribution in [1.29, 1.82) is 0 Å². The summed E-state index contributed by atoms with van der Waals surface area (Å²) >= 11 is 6.22. The number of nitrogens with zero attached hydrogens (tertiary/aromatic N) is 1. The minimum Gasteiger partial charge on any atom is -0.487 e. The van der Waals surface area contributed by atoms with Crippen molar-refractivity contribution < 1.29 is 23.8 Å². The highest BCUT2D eigenvalue weighted by atomic mass is 35.5. The van der Waals surface area contributed by atoms with E-state index in [4.69, 9.17) is 16.3 Å². The summed E-state index contributed by atoms with van der Waals surface area (Å²) in [5.74, 6) is -1.10. The second-order valence-corrected chi connectivity index (χ2v) is 8.91. The lowest BCUT2D eigenvalue weighted by Gasteiger charge is -2.24. The van der Waals surface area contributed by atoms with Gasteiger partial charge in [-0.1, -0.05) is 41.9 Å². The van der Waals surface area contributed by atoms with Gasteiger partial charge in [-0.2, -0.15) is 0 Å². The molecule has 3 aromatic rings. The predicted octanol–water partition coefficient (Wildman–Crippen LogP) is 5.14. The molecule has 7 heteroatoms. The minimum atomic E-state index is -1.10. The fraction of sp³-hybridized carbons (Fsp3) is 0.231. The molecule has 170 valence electrons. The summed E-state index contributed by atoms with van der Waals surface area (Å²) in [6.07, 6.45) is 1.16. The zero-order chi connectivity index (χ0) is 23.6. The van der Waals surface area contributed by atoms with E-state index in [0.717, 1.165) is 11.1 Å². The van der Waals surface area contributed by atoms with Gasteiger partial charge in [0.05, 0.1) is 0 Å². The third kappa shape index (κ3) is 5.34. The lowest BCUT2D eigenvalue weighted by atomic mass is 9.91. The second kappa shape index (κ2) is 9.24. The number of fused-ring (bicyclic) bond motifs is 1. The molecule has 1 aliphatic heterocycles. The zero-order valence-corrected chi connectivity index (χ0v) is 18.8. The number of amides is 1. The van der Waals surface area contributed by atoms with Crippen LogP contribution in [0.2, 0.25) is 5.02 Å². The molecule has 0 spiro atoms. The smallest absolute Gasteiger partial charge is 0.323 e. The van der Waals surface area contributed by atoms with E-state index in [1.165, 1.54) is 17.0 Å². The van der Waals surface area contributed by atoms with Crippen molar-refractivity contribution in [3.63, 3.8) is 0 Å². The number of carboxylic acids is 1. The van der Waals surface area contributed by atoms with E-state index in [9.17, 15) is 19.1 Å². The number of hydrogen-bond donors (Lipinski definition) is 1. The van der Waals surface area contributed by atoms with Gasteiger partial charge in [-0.05, 0) is 60.0 Å². The summed E-state index contributed by atoms with van der Waals surface area (Å²) in [7, 11) is 0. The van der Waals surface area contributed by atoms with Crippen molar-refractivity contribution >= 4 is 23.5 Å². The highest BCUT2D eigenvalue weighted by Gasteiger charge is 2.35. The van der Waals surface area contributed by atoms with Crippen LogP contribution in [0.3, 0.4) is 0 Å². The molecule has 33 heavy (non-hydrogen) atoms. The van der Waals surface area contributed by atoms with Gasteiger partial charge < -0.3 is 14.7 Å². The van der Waals surface area contributed by atoms with Crippen LogP contribution in [0.5, 0.6) is 5.75 Å². The Morgan fingerprint density at radius 3 is 2.55 bits per heavy atom. The fourth-order valence-electron chi connectivity index (χ4n) is 4.16. The first kappa shape index (κ1) is 22.8. The van der Waals surface area contributed by atoms with Gasteiger partial charge in [0.1, 0.15) is 23.7 Å². The molecule has 1 aliphatic rings. The molecule has 1 amide bonds. The van der Waals surface area contributed by atoms with Gasteiger partial charge in [-0.3, -0.25) is 9.59 Å². The number of halogens is 2. The van der Waals surface area contributed by atoms with E-state index < -0.39 is 24.0 Å². The van der Waals surface area contributed by atoms with Gasteiger partial charge in [0, 0.05) is 30.0 Å². The van der Waals surface area contributed by atoms with Crippen LogP contribution < -0.4 is 4.74 Å². The predicted molar refractivity (Wildman–Crippen MR) is 123 cm³/mol. The van der Waals surface area contributed by atoms with Crippen molar-refractivity contribution in [3.8, 4) is 5.75 Å². The Kier molecular flexibility index (Phi) is 6.38. The number of aliphatic carboxylic acids is 1. The molecular formula is C26H23ClFNO4. The van der Waals surface area contributed by atoms with Crippen LogP contribution in [0, 0.1) is 5.82 Å². The van der Waals surface area contributed by atoms with E-state index in [2.05, 4.69) is 0 Å². The molecule has 0 bridgehead atoms. The maximum Gasteiger partial charge on any atom is 0.323 e. The molecule has 1 atom stereocenters. The molecule has 1 heterocycles. The highest BCUT2D eigenvalue weighted by molar-refractivity contribution is 6.31. The highest BCUT2D eigenvalue weighted by Crippen LogP contribution is 2.37.